The Labute approximate surface area is 140 Å². The van der Waals surface area contributed by atoms with Crippen molar-refractivity contribution in [3.05, 3.63) is 66.0 Å². The molecule has 0 aliphatic carbocycles. The van der Waals surface area contributed by atoms with Gasteiger partial charge in [-0.25, -0.2) is 4.68 Å². The Morgan fingerprint density at radius 2 is 1.83 bits per heavy atom. The van der Waals surface area contributed by atoms with Gasteiger partial charge in [-0.3, -0.25) is 4.79 Å². The van der Waals surface area contributed by atoms with Gasteiger partial charge in [-0.2, -0.15) is 0 Å². The summed E-state index contributed by atoms with van der Waals surface area (Å²) in [6, 6.07) is 16.8. The van der Waals surface area contributed by atoms with Crippen LogP contribution in [0.1, 0.15) is 23.1 Å². The smallest absolute Gasteiger partial charge is 0.278 e. The molecule has 24 heavy (non-hydrogen) atoms. The number of aromatic nitrogens is 3. The highest BCUT2D eigenvalue weighted by Gasteiger charge is 2.19. The van der Waals surface area contributed by atoms with E-state index in [9.17, 15) is 4.79 Å². The Balaban J connectivity index is 1.90. The molecule has 0 aliphatic rings. The molecule has 6 nitrogen and oxygen atoms in total. The third-order valence-corrected chi connectivity index (χ3v) is 3.53. The van der Waals surface area contributed by atoms with Crippen molar-refractivity contribution in [2.75, 3.05) is 11.9 Å². The average molecular weight is 322 g/mol. The van der Waals surface area contributed by atoms with Crippen molar-refractivity contribution in [2.45, 2.75) is 13.8 Å². The maximum Gasteiger partial charge on any atom is 0.278 e. The van der Waals surface area contributed by atoms with Gasteiger partial charge in [0, 0.05) is 5.69 Å². The molecule has 0 aliphatic heterocycles. The second-order valence-corrected chi connectivity index (χ2v) is 5.16. The van der Waals surface area contributed by atoms with E-state index in [-0.39, 0.29) is 11.6 Å². The quantitative estimate of drug-likeness (QED) is 0.783. The molecular formula is C18H18N4O2. The Morgan fingerprint density at radius 3 is 2.58 bits per heavy atom. The van der Waals surface area contributed by atoms with Gasteiger partial charge in [0.2, 0.25) is 0 Å². The topological polar surface area (TPSA) is 69.0 Å². The van der Waals surface area contributed by atoms with Gasteiger partial charge in [-0.1, -0.05) is 35.5 Å². The predicted octanol–water partition coefficient (Wildman–Crippen LogP) is 3.23. The first-order valence-electron chi connectivity index (χ1n) is 7.71. The lowest BCUT2D eigenvalue weighted by Crippen LogP contribution is -2.14. The number of rotatable bonds is 5. The van der Waals surface area contributed by atoms with E-state index in [4.69, 9.17) is 4.74 Å². The molecule has 0 unspecified atom stereocenters. The number of carbonyl (C=O) groups excluding carboxylic acids is 1. The van der Waals surface area contributed by atoms with Crippen LogP contribution >= 0.6 is 0 Å². The number of hydrogen-bond donors (Lipinski definition) is 1. The summed E-state index contributed by atoms with van der Waals surface area (Å²) >= 11 is 0. The molecule has 3 aromatic rings. The molecule has 0 fully saturated rings. The fraction of sp³-hybridized carbons (Fsp3) is 0.167. The van der Waals surface area contributed by atoms with Gasteiger partial charge >= 0.3 is 0 Å². The summed E-state index contributed by atoms with van der Waals surface area (Å²) in [6.07, 6.45) is 0. The van der Waals surface area contributed by atoms with Crippen molar-refractivity contribution in [2.24, 2.45) is 0 Å². The largest absolute Gasteiger partial charge is 0.492 e. The molecule has 0 spiro atoms. The zero-order chi connectivity index (χ0) is 16.9. The predicted molar refractivity (Wildman–Crippen MR) is 91.7 cm³/mol. The van der Waals surface area contributed by atoms with Crippen LogP contribution in [0.25, 0.3) is 5.69 Å². The molecule has 1 amide bonds. The van der Waals surface area contributed by atoms with Crippen molar-refractivity contribution < 1.29 is 9.53 Å². The monoisotopic (exact) mass is 322 g/mol. The highest BCUT2D eigenvalue weighted by atomic mass is 16.5. The minimum absolute atomic E-state index is 0.283. The number of nitrogens with zero attached hydrogens (tertiary/aromatic N) is 3. The van der Waals surface area contributed by atoms with Crippen molar-refractivity contribution >= 4 is 11.6 Å². The molecule has 122 valence electrons. The molecule has 3 rings (SSSR count). The molecular weight excluding hydrogens is 304 g/mol. The lowest BCUT2D eigenvalue weighted by molar-refractivity contribution is 0.102. The zero-order valence-electron chi connectivity index (χ0n) is 13.6. The summed E-state index contributed by atoms with van der Waals surface area (Å²) in [5.74, 6) is 0.404. The second kappa shape index (κ2) is 6.95. The normalized spacial score (nSPS) is 10.4. The van der Waals surface area contributed by atoms with E-state index in [2.05, 4.69) is 15.6 Å². The molecule has 0 saturated carbocycles. The highest BCUT2D eigenvalue weighted by molar-refractivity contribution is 6.03. The van der Waals surface area contributed by atoms with E-state index < -0.39 is 0 Å². The van der Waals surface area contributed by atoms with Crippen LogP contribution in [0.3, 0.4) is 0 Å². The number of ether oxygens (including phenoxy) is 1. The van der Waals surface area contributed by atoms with Gasteiger partial charge in [0.05, 0.1) is 12.3 Å². The SMILES string of the molecule is CCOc1ccccc1-n1nnc(C(=O)Nc2ccccc2)c1C. The Kier molecular flexibility index (Phi) is 4.56. The Hall–Kier alpha value is -3.15. The van der Waals surface area contributed by atoms with Crippen LogP contribution in [-0.4, -0.2) is 27.5 Å². The maximum absolute atomic E-state index is 12.4. The molecule has 6 heteroatoms. The number of nitrogens with one attached hydrogen (secondary N) is 1. The molecule has 1 N–H and O–H groups in total. The van der Waals surface area contributed by atoms with Crippen LogP contribution in [0.15, 0.2) is 54.6 Å². The zero-order valence-corrected chi connectivity index (χ0v) is 13.6. The van der Waals surface area contributed by atoms with Crippen LogP contribution in [-0.2, 0) is 0 Å². The molecule has 0 saturated heterocycles. The van der Waals surface area contributed by atoms with Crippen molar-refractivity contribution in [1.29, 1.82) is 0 Å². The Morgan fingerprint density at radius 1 is 1.12 bits per heavy atom. The minimum atomic E-state index is -0.293. The first kappa shape index (κ1) is 15.7. The van der Waals surface area contributed by atoms with Crippen molar-refractivity contribution in [1.82, 2.24) is 15.0 Å². The van der Waals surface area contributed by atoms with Crippen LogP contribution < -0.4 is 10.1 Å². The van der Waals surface area contributed by atoms with Crippen LogP contribution in [0.4, 0.5) is 5.69 Å². The van der Waals surface area contributed by atoms with E-state index in [1.165, 1.54) is 0 Å². The van der Waals surface area contributed by atoms with Crippen molar-refractivity contribution in [3.63, 3.8) is 0 Å². The molecule has 0 radical (unpaired) electrons. The average Bonchev–Trinajstić information content (AvgIpc) is 2.98. The summed E-state index contributed by atoms with van der Waals surface area (Å²) in [4.78, 5) is 12.4. The molecule has 0 bridgehead atoms. The summed E-state index contributed by atoms with van der Waals surface area (Å²) in [5.41, 5.74) is 2.40. The number of para-hydroxylation sites is 3. The first-order chi connectivity index (χ1) is 11.7. The third-order valence-electron chi connectivity index (χ3n) is 3.53. The van der Waals surface area contributed by atoms with Crippen molar-refractivity contribution in [3.8, 4) is 11.4 Å². The standard InChI is InChI=1S/C18H18N4O2/c1-3-24-16-12-8-7-11-15(16)22-13(2)17(20-21-22)18(23)19-14-9-5-4-6-10-14/h4-12H,3H2,1-2H3,(H,19,23). The Bertz CT molecular complexity index is 843. The van der Waals surface area contributed by atoms with Gasteiger partial charge < -0.3 is 10.1 Å². The van der Waals surface area contributed by atoms with Crippen LogP contribution in [0.2, 0.25) is 0 Å². The molecule has 1 heterocycles. The summed E-state index contributed by atoms with van der Waals surface area (Å²) < 4.78 is 7.24. The third kappa shape index (κ3) is 3.12. The highest BCUT2D eigenvalue weighted by Crippen LogP contribution is 2.24. The van der Waals surface area contributed by atoms with E-state index in [0.29, 0.717) is 23.7 Å². The first-order valence-corrected chi connectivity index (χ1v) is 7.71. The summed E-state index contributed by atoms with van der Waals surface area (Å²) in [5, 5.41) is 11.0. The van der Waals surface area contributed by atoms with Gasteiger partial charge in [-0.05, 0) is 38.1 Å². The van der Waals surface area contributed by atoms with E-state index >= 15 is 0 Å². The number of anilines is 1. The van der Waals surface area contributed by atoms with E-state index in [1.807, 2.05) is 68.4 Å². The fourth-order valence-corrected chi connectivity index (χ4v) is 2.39. The van der Waals surface area contributed by atoms with Gasteiger partial charge in [0.15, 0.2) is 5.69 Å². The molecule has 2 aromatic carbocycles. The number of amides is 1. The number of hydrogen-bond acceptors (Lipinski definition) is 4. The van der Waals surface area contributed by atoms with Gasteiger partial charge in [0.25, 0.3) is 5.91 Å². The number of benzene rings is 2. The lowest BCUT2D eigenvalue weighted by atomic mass is 10.2. The summed E-state index contributed by atoms with van der Waals surface area (Å²) in [7, 11) is 0. The van der Waals surface area contributed by atoms with Gasteiger partial charge in [-0.15, -0.1) is 5.10 Å². The molecule has 0 atom stereocenters. The van der Waals surface area contributed by atoms with Crippen LogP contribution in [0.5, 0.6) is 5.75 Å². The van der Waals surface area contributed by atoms with Crippen LogP contribution in [0, 0.1) is 6.92 Å². The second-order valence-electron chi connectivity index (χ2n) is 5.16. The fourth-order valence-electron chi connectivity index (χ4n) is 2.39. The van der Waals surface area contributed by atoms with E-state index in [1.54, 1.807) is 4.68 Å². The number of carbonyl (C=O) groups is 1. The van der Waals surface area contributed by atoms with E-state index in [0.717, 1.165) is 5.69 Å². The maximum atomic E-state index is 12.4. The lowest BCUT2D eigenvalue weighted by Gasteiger charge is -2.10. The van der Waals surface area contributed by atoms with Gasteiger partial charge in [0.1, 0.15) is 11.4 Å². The minimum Gasteiger partial charge on any atom is -0.492 e. The molecule has 1 aromatic heterocycles. The summed E-state index contributed by atoms with van der Waals surface area (Å²) in [6.45, 7) is 4.28.